The summed E-state index contributed by atoms with van der Waals surface area (Å²) in [6.07, 6.45) is 4.19. The molecular weight excluding hydrogens is 398 g/mol. The van der Waals surface area contributed by atoms with Gasteiger partial charge in [-0.2, -0.15) is 9.57 Å². The fourth-order valence-electron chi connectivity index (χ4n) is 3.21. The summed E-state index contributed by atoms with van der Waals surface area (Å²) in [5.74, 6) is -1.15. The number of hydrogen-bond acceptors (Lipinski definition) is 5. The van der Waals surface area contributed by atoms with Crippen molar-refractivity contribution in [1.82, 2.24) is 8.87 Å². The second-order valence-corrected chi connectivity index (χ2v) is 9.94. The minimum Gasteiger partial charge on any atom is -0.478 e. The molecule has 28 heavy (non-hydrogen) atoms. The van der Waals surface area contributed by atoms with Crippen molar-refractivity contribution in [3.8, 4) is 6.07 Å². The summed E-state index contributed by atoms with van der Waals surface area (Å²) in [5.41, 5.74) is 1.80. The molecule has 0 aromatic carbocycles. The zero-order valence-corrected chi connectivity index (χ0v) is 17.3. The molecule has 1 N–H and O–H groups in total. The molecule has 1 fully saturated rings. The van der Waals surface area contributed by atoms with Gasteiger partial charge in [0, 0.05) is 30.7 Å². The van der Waals surface area contributed by atoms with Crippen molar-refractivity contribution in [1.29, 1.82) is 5.26 Å². The lowest BCUT2D eigenvalue weighted by molar-refractivity contribution is -0.130. The lowest BCUT2D eigenvalue weighted by atomic mass is 10.1. The summed E-state index contributed by atoms with van der Waals surface area (Å²) in [5, 5.41) is 18.8. The van der Waals surface area contributed by atoms with Crippen LogP contribution in [0.5, 0.6) is 0 Å². The van der Waals surface area contributed by atoms with E-state index in [-0.39, 0.29) is 9.78 Å². The average molecular weight is 420 g/mol. The Morgan fingerprint density at radius 2 is 1.96 bits per heavy atom. The molecule has 0 unspecified atom stereocenters. The maximum absolute atomic E-state index is 12.8. The highest BCUT2D eigenvalue weighted by molar-refractivity contribution is 7.91. The Labute approximate surface area is 168 Å². The number of aromatic nitrogens is 1. The first kappa shape index (κ1) is 20.3. The van der Waals surface area contributed by atoms with Crippen LogP contribution < -0.4 is 0 Å². The first-order valence-electron chi connectivity index (χ1n) is 8.87. The molecule has 0 atom stereocenters. The predicted molar refractivity (Wildman–Crippen MR) is 107 cm³/mol. The Hall–Kier alpha value is -2.41. The monoisotopic (exact) mass is 419 g/mol. The van der Waals surface area contributed by atoms with Gasteiger partial charge in [-0.1, -0.05) is 6.42 Å². The number of hydrogen-bond donors (Lipinski definition) is 1. The highest BCUT2D eigenvalue weighted by atomic mass is 32.2. The van der Waals surface area contributed by atoms with Crippen molar-refractivity contribution in [3.63, 3.8) is 0 Å². The van der Waals surface area contributed by atoms with E-state index in [1.807, 2.05) is 0 Å². The van der Waals surface area contributed by atoms with Crippen LogP contribution in [0.25, 0.3) is 11.6 Å². The van der Waals surface area contributed by atoms with Crippen LogP contribution in [0.15, 0.2) is 22.4 Å². The van der Waals surface area contributed by atoms with Crippen molar-refractivity contribution in [3.05, 3.63) is 40.0 Å². The van der Waals surface area contributed by atoms with Crippen LogP contribution in [0.3, 0.4) is 0 Å². The van der Waals surface area contributed by atoms with Crippen molar-refractivity contribution in [2.75, 3.05) is 13.1 Å². The molecule has 0 saturated carbocycles. The molecule has 3 rings (SSSR count). The van der Waals surface area contributed by atoms with Crippen LogP contribution in [0.1, 0.15) is 41.1 Å². The lowest BCUT2D eigenvalue weighted by Crippen LogP contribution is -2.35. The Balaban J connectivity index is 1.99. The highest BCUT2D eigenvalue weighted by Crippen LogP contribution is 2.32. The Kier molecular flexibility index (Phi) is 5.74. The maximum atomic E-state index is 12.8. The molecule has 3 heterocycles. The van der Waals surface area contributed by atoms with E-state index < -0.39 is 16.0 Å². The fraction of sp³-hybridized carbons (Fsp3) is 0.368. The van der Waals surface area contributed by atoms with Crippen molar-refractivity contribution in [2.45, 2.75) is 30.4 Å². The van der Waals surface area contributed by atoms with Gasteiger partial charge in [0.2, 0.25) is 0 Å². The largest absolute Gasteiger partial charge is 0.478 e. The van der Waals surface area contributed by atoms with Gasteiger partial charge in [-0.3, -0.25) is 0 Å². The van der Waals surface area contributed by atoms with Gasteiger partial charge in [0.25, 0.3) is 10.0 Å². The molecule has 1 saturated heterocycles. The van der Waals surface area contributed by atoms with Crippen LogP contribution in [0.2, 0.25) is 0 Å². The van der Waals surface area contributed by atoms with E-state index in [1.54, 1.807) is 24.6 Å². The number of carbonyl (C=O) groups is 1. The van der Waals surface area contributed by atoms with Gasteiger partial charge >= 0.3 is 5.97 Å². The molecule has 0 amide bonds. The lowest BCUT2D eigenvalue weighted by Gasteiger charge is -2.25. The number of carboxylic acids is 1. The number of rotatable bonds is 5. The zero-order chi connectivity index (χ0) is 20.5. The molecule has 1 aliphatic heterocycles. The standard InChI is InChI=1S/C19H21N3O4S2/c1-13-14(10-15(12-20)21(13)2)11-16(19(23)24)17-6-7-18(27-17)28(25,26)22-8-4-3-5-9-22/h6-7,10-11H,3-5,8-9H2,1-2H3,(H,23,24)/b16-11+. The predicted octanol–water partition coefficient (Wildman–Crippen LogP) is 3.07. The molecule has 1 aliphatic rings. The SMILES string of the molecule is Cc1c(/C=C(/C(=O)O)c2ccc(S(=O)(=O)N3CCCCC3)s2)cc(C#N)n1C. The zero-order valence-electron chi connectivity index (χ0n) is 15.7. The van der Waals surface area contributed by atoms with Crippen LogP contribution in [-0.4, -0.2) is 41.5 Å². The van der Waals surface area contributed by atoms with Crippen LogP contribution in [0.4, 0.5) is 0 Å². The summed E-state index contributed by atoms with van der Waals surface area (Å²) in [6, 6.07) is 6.69. The summed E-state index contributed by atoms with van der Waals surface area (Å²) >= 11 is 0.961. The minimum absolute atomic E-state index is 0.00304. The van der Waals surface area contributed by atoms with Gasteiger partial charge < -0.3 is 9.67 Å². The molecule has 2 aromatic heterocycles. The topological polar surface area (TPSA) is 103 Å². The van der Waals surface area contributed by atoms with E-state index in [4.69, 9.17) is 5.26 Å². The van der Waals surface area contributed by atoms with Crippen LogP contribution in [0, 0.1) is 18.3 Å². The van der Waals surface area contributed by atoms with Gasteiger partial charge in [-0.25, -0.2) is 13.2 Å². The summed E-state index contributed by atoms with van der Waals surface area (Å²) in [4.78, 5) is 12.2. The van der Waals surface area contributed by atoms with Gasteiger partial charge in [0.05, 0.1) is 5.57 Å². The molecule has 0 bridgehead atoms. The number of piperidine rings is 1. The Morgan fingerprint density at radius 3 is 2.54 bits per heavy atom. The normalized spacial score (nSPS) is 16.1. The van der Waals surface area contributed by atoms with E-state index in [9.17, 15) is 18.3 Å². The van der Waals surface area contributed by atoms with Gasteiger partial charge in [-0.15, -0.1) is 11.3 Å². The molecule has 7 nitrogen and oxygen atoms in total. The second-order valence-electron chi connectivity index (χ2n) is 6.69. The maximum Gasteiger partial charge on any atom is 0.337 e. The van der Waals surface area contributed by atoms with Gasteiger partial charge in [0.15, 0.2) is 0 Å². The number of nitrogens with zero attached hydrogens (tertiary/aromatic N) is 3. The molecule has 0 radical (unpaired) electrons. The number of nitriles is 1. The van der Waals surface area contributed by atoms with E-state index >= 15 is 0 Å². The Bertz CT molecular complexity index is 1080. The molecule has 148 valence electrons. The van der Waals surface area contributed by atoms with Crippen molar-refractivity contribution in [2.24, 2.45) is 7.05 Å². The van der Waals surface area contributed by atoms with E-state index in [2.05, 4.69) is 6.07 Å². The third-order valence-electron chi connectivity index (χ3n) is 4.98. The van der Waals surface area contributed by atoms with Gasteiger partial charge in [-0.05, 0) is 49.6 Å². The first-order chi connectivity index (χ1) is 13.3. The fourth-order valence-corrected chi connectivity index (χ4v) is 6.19. The average Bonchev–Trinajstić information content (AvgIpc) is 3.27. The number of carboxylic acid groups (broad SMARTS) is 1. The third kappa shape index (κ3) is 3.76. The Morgan fingerprint density at radius 1 is 1.29 bits per heavy atom. The van der Waals surface area contributed by atoms with E-state index in [0.717, 1.165) is 36.3 Å². The highest BCUT2D eigenvalue weighted by Gasteiger charge is 2.28. The minimum atomic E-state index is -3.60. The van der Waals surface area contributed by atoms with E-state index in [0.29, 0.717) is 29.2 Å². The molecule has 2 aromatic rings. The number of sulfonamides is 1. The number of thiophene rings is 1. The van der Waals surface area contributed by atoms with Crippen molar-refractivity contribution < 1.29 is 18.3 Å². The van der Waals surface area contributed by atoms with E-state index in [1.165, 1.54) is 22.5 Å². The summed E-state index contributed by atoms with van der Waals surface area (Å²) < 4.78 is 29.0. The van der Waals surface area contributed by atoms with Crippen molar-refractivity contribution >= 4 is 39.0 Å². The summed E-state index contributed by atoms with van der Waals surface area (Å²) in [7, 11) is -1.87. The van der Waals surface area contributed by atoms with Crippen LogP contribution >= 0.6 is 11.3 Å². The van der Waals surface area contributed by atoms with Crippen LogP contribution in [-0.2, 0) is 21.9 Å². The third-order valence-corrected chi connectivity index (χ3v) is 8.46. The quantitative estimate of drug-likeness (QED) is 0.750. The second kappa shape index (κ2) is 7.91. The molecule has 0 aliphatic carbocycles. The number of aliphatic carboxylic acids is 1. The van der Waals surface area contributed by atoms with Gasteiger partial charge in [0.1, 0.15) is 16.0 Å². The smallest absolute Gasteiger partial charge is 0.337 e. The summed E-state index contributed by atoms with van der Waals surface area (Å²) in [6.45, 7) is 2.79. The molecule has 0 spiro atoms. The molecule has 9 heteroatoms. The first-order valence-corrected chi connectivity index (χ1v) is 11.1. The molecular formula is C19H21N3O4S2.